The van der Waals surface area contributed by atoms with Gasteiger partial charge in [-0.3, -0.25) is 0 Å². The maximum absolute atomic E-state index is 14.8. The number of aromatic nitrogens is 2. The Kier molecular flexibility index (Phi) is 6.65. The third-order valence-electron chi connectivity index (χ3n) is 5.70. The SMILES string of the molecule is CCc1nnc(Nc2ccc(N3CCC(N(C)C)CC3)c(F)c2)c(C#N)c1CC. The summed E-state index contributed by atoms with van der Waals surface area (Å²) in [5.41, 5.74) is 3.39. The van der Waals surface area contributed by atoms with Gasteiger partial charge in [-0.15, -0.1) is 5.10 Å². The fourth-order valence-electron chi connectivity index (χ4n) is 3.98. The standard InChI is InChI=1S/C22H29FN6/c1-5-17-18(14-24)22(27-26-20(17)6-2)25-15-7-8-21(19(23)13-15)29-11-9-16(10-12-29)28(3)4/h7-8,13,16H,5-6,9-12H2,1-4H3,(H,25,27). The van der Waals surface area contributed by atoms with E-state index in [1.54, 1.807) is 6.07 Å². The molecule has 0 radical (unpaired) electrons. The van der Waals surface area contributed by atoms with E-state index in [1.807, 2.05) is 19.9 Å². The number of rotatable bonds is 6. The van der Waals surface area contributed by atoms with Crippen molar-refractivity contribution >= 4 is 17.2 Å². The molecule has 1 saturated heterocycles. The monoisotopic (exact) mass is 396 g/mol. The fraction of sp³-hybridized carbons (Fsp3) is 0.500. The minimum Gasteiger partial charge on any atom is -0.369 e. The van der Waals surface area contributed by atoms with E-state index < -0.39 is 0 Å². The van der Waals surface area contributed by atoms with Crippen LogP contribution in [-0.4, -0.2) is 48.3 Å². The Bertz CT molecular complexity index is 897. The Labute approximate surface area is 172 Å². The van der Waals surface area contributed by atoms with Crippen molar-refractivity contribution in [1.29, 1.82) is 5.26 Å². The van der Waals surface area contributed by atoms with Crippen LogP contribution in [0.25, 0.3) is 0 Å². The second-order valence-electron chi connectivity index (χ2n) is 7.64. The Morgan fingerprint density at radius 1 is 1.21 bits per heavy atom. The molecule has 1 aliphatic rings. The molecule has 7 heteroatoms. The predicted octanol–water partition coefficient (Wildman–Crippen LogP) is 3.89. The van der Waals surface area contributed by atoms with Crippen LogP contribution in [0.1, 0.15) is 43.5 Å². The lowest BCUT2D eigenvalue weighted by Crippen LogP contribution is -2.42. The van der Waals surface area contributed by atoms with Gasteiger partial charge in [0, 0.05) is 24.8 Å². The highest BCUT2D eigenvalue weighted by Crippen LogP contribution is 2.29. The van der Waals surface area contributed by atoms with Gasteiger partial charge >= 0.3 is 0 Å². The Morgan fingerprint density at radius 2 is 1.93 bits per heavy atom. The first-order valence-corrected chi connectivity index (χ1v) is 10.2. The zero-order chi connectivity index (χ0) is 21.0. The molecule has 1 aromatic carbocycles. The van der Waals surface area contributed by atoms with Crippen molar-refractivity contribution in [2.75, 3.05) is 37.4 Å². The van der Waals surface area contributed by atoms with E-state index in [1.165, 1.54) is 6.07 Å². The lowest BCUT2D eigenvalue weighted by atomic mass is 10.0. The van der Waals surface area contributed by atoms with Gasteiger partial charge in [0.1, 0.15) is 17.4 Å². The molecule has 0 atom stereocenters. The van der Waals surface area contributed by atoms with Crippen LogP contribution in [0.3, 0.4) is 0 Å². The van der Waals surface area contributed by atoms with Gasteiger partial charge in [-0.25, -0.2) is 4.39 Å². The number of nitrogens with zero attached hydrogens (tertiary/aromatic N) is 5. The summed E-state index contributed by atoms with van der Waals surface area (Å²) >= 11 is 0. The highest BCUT2D eigenvalue weighted by Gasteiger charge is 2.23. The molecule has 0 amide bonds. The van der Waals surface area contributed by atoms with E-state index in [-0.39, 0.29) is 5.82 Å². The van der Waals surface area contributed by atoms with Crippen LogP contribution in [0.4, 0.5) is 21.6 Å². The van der Waals surface area contributed by atoms with E-state index >= 15 is 0 Å². The largest absolute Gasteiger partial charge is 0.369 e. The van der Waals surface area contributed by atoms with Crippen LogP contribution >= 0.6 is 0 Å². The lowest BCUT2D eigenvalue weighted by Gasteiger charge is -2.36. The number of nitriles is 1. The molecule has 6 nitrogen and oxygen atoms in total. The smallest absolute Gasteiger partial charge is 0.171 e. The number of hydrogen-bond acceptors (Lipinski definition) is 6. The highest BCUT2D eigenvalue weighted by molar-refractivity contribution is 5.67. The molecule has 0 saturated carbocycles. The second-order valence-corrected chi connectivity index (χ2v) is 7.64. The Morgan fingerprint density at radius 3 is 2.48 bits per heavy atom. The molecule has 2 aromatic rings. The quantitative estimate of drug-likeness (QED) is 0.799. The summed E-state index contributed by atoms with van der Waals surface area (Å²) in [6.45, 7) is 5.67. The van der Waals surface area contributed by atoms with Crippen molar-refractivity contribution in [3.63, 3.8) is 0 Å². The molecule has 1 aromatic heterocycles. The Hall–Kier alpha value is -2.72. The van der Waals surface area contributed by atoms with Crippen molar-refractivity contribution in [2.45, 2.75) is 45.6 Å². The van der Waals surface area contributed by atoms with Crippen molar-refractivity contribution < 1.29 is 4.39 Å². The number of aryl methyl sites for hydroxylation is 1. The van der Waals surface area contributed by atoms with Gasteiger partial charge in [-0.05, 0) is 63.5 Å². The number of anilines is 3. The normalized spacial score (nSPS) is 14.9. The maximum atomic E-state index is 14.8. The van der Waals surface area contributed by atoms with E-state index in [9.17, 15) is 9.65 Å². The first-order chi connectivity index (χ1) is 14.0. The van der Waals surface area contributed by atoms with E-state index in [0.717, 1.165) is 43.6 Å². The van der Waals surface area contributed by atoms with Gasteiger partial charge in [0.05, 0.1) is 11.4 Å². The van der Waals surface area contributed by atoms with Crippen LogP contribution in [0.2, 0.25) is 0 Å². The molecule has 3 rings (SSSR count). The molecule has 1 fully saturated rings. The number of nitrogens with one attached hydrogen (secondary N) is 1. The average Bonchev–Trinajstić information content (AvgIpc) is 2.73. The van der Waals surface area contributed by atoms with E-state index in [2.05, 4.69) is 45.5 Å². The summed E-state index contributed by atoms with van der Waals surface area (Å²) in [5.74, 6) is 0.103. The lowest BCUT2D eigenvalue weighted by molar-refractivity contribution is 0.249. The molecule has 29 heavy (non-hydrogen) atoms. The van der Waals surface area contributed by atoms with E-state index in [0.29, 0.717) is 35.2 Å². The van der Waals surface area contributed by atoms with Crippen molar-refractivity contribution in [2.24, 2.45) is 0 Å². The molecule has 0 spiro atoms. The molecule has 1 N–H and O–H groups in total. The minimum absolute atomic E-state index is 0.273. The van der Waals surface area contributed by atoms with Gasteiger partial charge in [-0.2, -0.15) is 10.4 Å². The van der Waals surface area contributed by atoms with Crippen LogP contribution < -0.4 is 10.2 Å². The van der Waals surface area contributed by atoms with Gasteiger partial charge in [0.15, 0.2) is 5.82 Å². The number of benzene rings is 1. The van der Waals surface area contributed by atoms with Crippen molar-refractivity contribution in [1.82, 2.24) is 15.1 Å². The zero-order valence-corrected chi connectivity index (χ0v) is 17.7. The topological polar surface area (TPSA) is 68.1 Å². The molecule has 0 aliphatic carbocycles. The first kappa shape index (κ1) is 21.0. The number of hydrogen-bond donors (Lipinski definition) is 1. The third-order valence-corrected chi connectivity index (χ3v) is 5.70. The molecule has 154 valence electrons. The van der Waals surface area contributed by atoms with Crippen LogP contribution in [0, 0.1) is 17.1 Å². The summed E-state index contributed by atoms with van der Waals surface area (Å²) in [6.07, 6.45) is 3.47. The first-order valence-electron chi connectivity index (χ1n) is 10.2. The molecule has 2 heterocycles. The minimum atomic E-state index is -0.273. The van der Waals surface area contributed by atoms with Gasteiger partial charge in [-0.1, -0.05) is 13.8 Å². The average molecular weight is 397 g/mol. The molecular weight excluding hydrogens is 367 g/mol. The van der Waals surface area contributed by atoms with Crippen LogP contribution in [0.5, 0.6) is 0 Å². The van der Waals surface area contributed by atoms with Crippen molar-refractivity contribution in [3.05, 3.63) is 40.8 Å². The van der Waals surface area contributed by atoms with Gasteiger partial charge in [0.2, 0.25) is 0 Å². The molecule has 0 bridgehead atoms. The third kappa shape index (κ3) is 4.48. The maximum Gasteiger partial charge on any atom is 0.171 e. The summed E-state index contributed by atoms with van der Waals surface area (Å²) in [4.78, 5) is 4.34. The summed E-state index contributed by atoms with van der Waals surface area (Å²) < 4.78 is 14.8. The van der Waals surface area contributed by atoms with Crippen molar-refractivity contribution in [3.8, 4) is 6.07 Å². The Balaban J connectivity index is 1.79. The summed E-state index contributed by atoms with van der Waals surface area (Å²) in [7, 11) is 4.19. The zero-order valence-electron chi connectivity index (χ0n) is 17.7. The van der Waals surface area contributed by atoms with Crippen LogP contribution in [-0.2, 0) is 12.8 Å². The number of piperidine rings is 1. The van der Waals surface area contributed by atoms with Crippen LogP contribution in [0.15, 0.2) is 18.2 Å². The van der Waals surface area contributed by atoms with Gasteiger partial charge < -0.3 is 15.1 Å². The fourth-order valence-corrected chi connectivity index (χ4v) is 3.98. The predicted molar refractivity (Wildman–Crippen MR) is 114 cm³/mol. The molecule has 0 unspecified atom stereocenters. The van der Waals surface area contributed by atoms with Gasteiger partial charge in [0.25, 0.3) is 0 Å². The molecular formula is C22H29FN6. The number of halogens is 1. The highest BCUT2D eigenvalue weighted by atomic mass is 19.1. The second kappa shape index (κ2) is 9.19. The van der Waals surface area contributed by atoms with E-state index in [4.69, 9.17) is 0 Å². The summed E-state index contributed by atoms with van der Waals surface area (Å²) in [5, 5.41) is 21.1. The molecule has 1 aliphatic heterocycles. The summed E-state index contributed by atoms with van der Waals surface area (Å²) in [6, 6.07) is 7.88.